The van der Waals surface area contributed by atoms with E-state index in [1.807, 2.05) is 30.3 Å². The van der Waals surface area contributed by atoms with Gasteiger partial charge in [0.2, 0.25) is 0 Å². The Labute approximate surface area is 114 Å². The van der Waals surface area contributed by atoms with Crippen molar-refractivity contribution < 1.29 is 9.90 Å². The molecular formula is C17H20O2. The van der Waals surface area contributed by atoms with Crippen LogP contribution < -0.4 is 0 Å². The highest BCUT2D eigenvalue weighted by Crippen LogP contribution is 2.28. The van der Waals surface area contributed by atoms with Crippen molar-refractivity contribution in [3.05, 3.63) is 59.7 Å². The van der Waals surface area contributed by atoms with Gasteiger partial charge in [0.15, 0.2) is 5.78 Å². The molecule has 0 aliphatic heterocycles. The van der Waals surface area contributed by atoms with Gasteiger partial charge in [-0.2, -0.15) is 0 Å². The first-order valence-electron chi connectivity index (χ1n) is 6.64. The predicted octanol–water partition coefficient (Wildman–Crippen LogP) is 3.49. The van der Waals surface area contributed by atoms with Gasteiger partial charge in [-0.05, 0) is 18.4 Å². The minimum absolute atomic E-state index is 0.0408. The molecule has 0 heterocycles. The summed E-state index contributed by atoms with van der Waals surface area (Å²) in [5, 5.41) is 10.2. The van der Waals surface area contributed by atoms with Gasteiger partial charge in [-0.25, -0.2) is 0 Å². The molecule has 2 nitrogen and oxygen atoms in total. The molecule has 0 amide bonds. The first-order valence-corrected chi connectivity index (χ1v) is 6.64. The fourth-order valence-corrected chi connectivity index (χ4v) is 2.29. The van der Waals surface area contributed by atoms with Crippen LogP contribution in [0.15, 0.2) is 48.6 Å². The Hall–Kier alpha value is -1.67. The smallest absolute Gasteiger partial charge is 0.172 e. The molecule has 2 rings (SSSR count). The summed E-state index contributed by atoms with van der Waals surface area (Å²) in [4.78, 5) is 12.5. The van der Waals surface area contributed by atoms with Gasteiger partial charge in [0.05, 0.1) is 11.5 Å². The topological polar surface area (TPSA) is 37.3 Å². The number of benzene rings is 1. The lowest BCUT2D eigenvalue weighted by molar-refractivity contribution is 0.0521. The van der Waals surface area contributed by atoms with E-state index in [0.717, 1.165) is 0 Å². The average Bonchev–Trinajstić information content (AvgIpc) is 2.37. The largest absolute Gasteiger partial charge is 0.385 e. The quantitative estimate of drug-likeness (QED) is 0.841. The number of carbonyl (C=O) groups excluding carboxylic acids is 1. The second-order valence-electron chi connectivity index (χ2n) is 5.59. The van der Waals surface area contributed by atoms with Crippen LogP contribution in [-0.4, -0.2) is 16.5 Å². The third kappa shape index (κ3) is 2.85. The summed E-state index contributed by atoms with van der Waals surface area (Å²) in [6, 6.07) is 7.66. The van der Waals surface area contributed by atoms with Crippen molar-refractivity contribution in [3.8, 4) is 0 Å². The zero-order valence-electron chi connectivity index (χ0n) is 11.6. The van der Waals surface area contributed by atoms with Gasteiger partial charge in [-0.1, -0.05) is 62.4 Å². The van der Waals surface area contributed by atoms with Gasteiger partial charge in [0.1, 0.15) is 0 Å². The van der Waals surface area contributed by atoms with Crippen LogP contribution in [0, 0.1) is 5.92 Å². The molecule has 0 spiro atoms. The molecule has 0 saturated heterocycles. The van der Waals surface area contributed by atoms with Crippen molar-refractivity contribution >= 4 is 5.78 Å². The van der Waals surface area contributed by atoms with Gasteiger partial charge in [0.25, 0.3) is 0 Å². The van der Waals surface area contributed by atoms with Crippen LogP contribution in [-0.2, 0) is 0 Å². The highest BCUT2D eigenvalue weighted by atomic mass is 16.3. The van der Waals surface area contributed by atoms with Crippen LogP contribution in [0.4, 0.5) is 0 Å². The Balaban J connectivity index is 2.25. The lowest BCUT2D eigenvalue weighted by Crippen LogP contribution is -2.37. The SMILES string of the molecule is CC(C)c1ccc(C(=O)C2C=CC=CC2(C)O)cc1. The highest BCUT2D eigenvalue weighted by Gasteiger charge is 2.34. The van der Waals surface area contributed by atoms with Gasteiger partial charge < -0.3 is 5.11 Å². The molecular weight excluding hydrogens is 236 g/mol. The Morgan fingerprint density at radius 3 is 2.37 bits per heavy atom. The third-order valence-electron chi connectivity index (χ3n) is 3.62. The standard InChI is InChI=1S/C17H20O2/c1-12(2)13-7-9-14(10-8-13)16(18)15-6-4-5-11-17(15,3)19/h4-12,15,19H,1-3H3. The Kier molecular flexibility index (Phi) is 3.72. The lowest BCUT2D eigenvalue weighted by atomic mass is 9.80. The molecule has 100 valence electrons. The fourth-order valence-electron chi connectivity index (χ4n) is 2.29. The molecule has 0 bridgehead atoms. The maximum Gasteiger partial charge on any atom is 0.172 e. The van der Waals surface area contributed by atoms with Gasteiger partial charge >= 0.3 is 0 Å². The van der Waals surface area contributed by atoms with E-state index in [9.17, 15) is 9.90 Å². The van der Waals surface area contributed by atoms with Crippen LogP contribution in [0.1, 0.15) is 42.6 Å². The van der Waals surface area contributed by atoms with E-state index in [1.165, 1.54) is 5.56 Å². The maximum atomic E-state index is 12.5. The molecule has 1 aliphatic rings. The number of hydrogen-bond donors (Lipinski definition) is 1. The zero-order valence-corrected chi connectivity index (χ0v) is 11.6. The summed E-state index contributed by atoms with van der Waals surface area (Å²) in [7, 11) is 0. The second-order valence-corrected chi connectivity index (χ2v) is 5.59. The normalized spacial score (nSPS) is 25.8. The third-order valence-corrected chi connectivity index (χ3v) is 3.62. The number of hydrogen-bond acceptors (Lipinski definition) is 2. The van der Waals surface area contributed by atoms with Crippen molar-refractivity contribution in [2.45, 2.75) is 32.3 Å². The number of rotatable bonds is 3. The minimum Gasteiger partial charge on any atom is -0.385 e. The highest BCUT2D eigenvalue weighted by molar-refractivity contribution is 6.00. The van der Waals surface area contributed by atoms with Crippen LogP contribution in [0.25, 0.3) is 0 Å². The van der Waals surface area contributed by atoms with Crippen LogP contribution in [0.5, 0.6) is 0 Å². The molecule has 0 aromatic heterocycles. The number of allylic oxidation sites excluding steroid dienone is 2. The molecule has 1 aliphatic carbocycles. The Bertz CT molecular complexity index is 519. The lowest BCUT2D eigenvalue weighted by Gasteiger charge is -2.28. The van der Waals surface area contributed by atoms with E-state index in [2.05, 4.69) is 13.8 Å². The van der Waals surface area contributed by atoms with E-state index < -0.39 is 11.5 Å². The van der Waals surface area contributed by atoms with Crippen LogP contribution in [0.2, 0.25) is 0 Å². The van der Waals surface area contributed by atoms with Crippen molar-refractivity contribution in [3.63, 3.8) is 0 Å². The molecule has 1 aromatic rings. The summed E-state index contributed by atoms with van der Waals surface area (Å²) >= 11 is 0. The van der Waals surface area contributed by atoms with Gasteiger partial charge in [-0.3, -0.25) is 4.79 Å². The summed E-state index contributed by atoms with van der Waals surface area (Å²) in [6.45, 7) is 5.91. The minimum atomic E-state index is -1.11. The maximum absolute atomic E-state index is 12.5. The van der Waals surface area contributed by atoms with Crippen molar-refractivity contribution in [1.29, 1.82) is 0 Å². The molecule has 2 atom stereocenters. The summed E-state index contributed by atoms with van der Waals surface area (Å²) in [6.07, 6.45) is 7.01. The Morgan fingerprint density at radius 1 is 1.21 bits per heavy atom. The molecule has 2 heteroatoms. The first-order chi connectivity index (χ1) is 8.92. The van der Waals surface area contributed by atoms with E-state index in [-0.39, 0.29) is 5.78 Å². The van der Waals surface area contributed by atoms with E-state index in [4.69, 9.17) is 0 Å². The number of carbonyl (C=O) groups is 1. The first kappa shape index (κ1) is 13.8. The number of ketones is 1. The van der Waals surface area contributed by atoms with Crippen molar-refractivity contribution in [2.75, 3.05) is 0 Å². The summed E-state index contributed by atoms with van der Waals surface area (Å²) < 4.78 is 0. The molecule has 2 unspecified atom stereocenters. The monoisotopic (exact) mass is 256 g/mol. The Morgan fingerprint density at radius 2 is 1.84 bits per heavy atom. The van der Waals surface area contributed by atoms with E-state index in [1.54, 1.807) is 25.2 Å². The average molecular weight is 256 g/mol. The predicted molar refractivity (Wildman–Crippen MR) is 77.3 cm³/mol. The van der Waals surface area contributed by atoms with Gasteiger partial charge in [0, 0.05) is 5.56 Å². The molecule has 1 N–H and O–H groups in total. The fraction of sp³-hybridized carbons (Fsp3) is 0.353. The molecule has 19 heavy (non-hydrogen) atoms. The van der Waals surface area contributed by atoms with Crippen LogP contribution >= 0.6 is 0 Å². The molecule has 0 saturated carbocycles. The number of aliphatic hydroxyl groups is 1. The summed E-state index contributed by atoms with van der Waals surface area (Å²) in [5.74, 6) is -0.104. The number of Topliss-reactive ketones (excluding diaryl/α,β-unsaturated/α-hetero) is 1. The zero-order chi connectivity index (χ0) is 14.0. The second kappa shape index (κ2) is 5.14. The molecule has 0 fully saturated rings. The van der Waals surface area contributed by atoms with E-state index >= 15 is 0 Å². The van der Waals surface area contributed by atoms with Crippen molar-refractivity contribution in [1.82, 2.24) is 0 Å². The van der Waals surface area contributed by atoms with E-state index in [0.29, 0.717) is 11.5 Å². The molecule has 1 aromatic carbocycles. The van der Waals surface area contributed by atoms with Gasteiger partial charge in [-0.15, -0.1) is 0 Å². The molecule has 0 radical (unpaired) electrons. The van der Waals surface area contributed by atoms with Crippen LogP contribution in [0.3, 0.4) is 0 Å². The van der Waals surface area contributed by atoms with Crippen molar-refractivity contribution in [2.24, 2.45) is 5.92 Å². The summed E-state index contributed by atoms with van der Waals surface area (Å²) in [5.41, 5.74) is 0.750.